The number of methoxy groups -OCH3 is 2. The fraction of sp³-hybridized carbons (Fsp3) is 0.261. The van der Waals surface area contributed by atoms with Crippen molar-refractivity contribution in [3.8, 4) is 22.9 Å². The molecule has 0 spiro atoms. The van der Waals surface area contributed by atoms with Crippen molar-refractivity contribution in [3.63, 3.8) is 0 Å². The number of halogens is 1. The highest BCUT2D eigenvalue weighted by Gasteiger charge is 2.38. The quantitative estimate of drug-likeness (QED) is 0.642. The molecule has 31 heavy (non-hydrogen) atoms. The number of aromatic nitrogens is 3. The van der Waals surface area contributed by atoms with Crippen LogP contribution in [0.1, 0.15) is 30.9 Å². The van der Waals surface area contributed by atoms with Crippen LogP contribution >= 0.6 is 11.6 Å². The number of hydrogen-bond acceptors (Lipinski definition) is 6. The number of anilines is 1. The number of benzene rings is 2. The van der Waals surface area contributed by atoms with Crippen LogP contribution in [0.4, 0.5) is 5.95 Å². The van der Waals surface area contributed by atoms with Crippen LogP contribution in [0, 0.1) is 0 Å². The van der Waals surface area contributed by atoms with Crippen molar-refractivity contribution < 1.29 is 14.3 Å². The maximum Gasteiger partial charge on any atom is 0.226 e. The third kappa shape index (κ3) is 3.25. The van der Waals surface area contributed by atoms with E-state index in [1.54, 1.807) is 18.9 Å². The van der Waals surface area contributed by atoms with E-state index in [1.807, 2.05) is 42.5 Å². The van der Waals surface area contributed by atoms with Gasteiger partial charge in [-0.15, -0.1) is 5.10 Å². The standard InChI is InChI=1S/C23H21ClN4O3/c1-30-18-11-4-8-15(21(18)31-2)20-19-16(9-5-10-17(19)29)25-23-26-22(27-28(20)23)13-6-3-7-14(24)12-13/h3-4,6-8,11-12,20H,5,9-10H2,1-2H3,(H,25,26,27)/t20-/m0/s1. The minimum Gasteiger partial charge on any atom is -0.493 e. The molecule has 2 aromatic carbocycles. The molecule has 1 aromatic heterocycles. The lowest BCUT2D eigenvalue weighted by molar-refractivity contribution is -0.116. The molecule has 3 aromatic rings. The van der Waals surface area contributed by atoms with Gasteiger partial charge in [0.15, 0.2) is 23.1 Å². The number of rotatable bonds is 4. The number of para-hydroxylation sites is 1. The summed E-state index contributed by atoms with van der Waals surface area (Å²) < 4.78 is 13.0. The summed E-state index contributed by atoms with van der Waals surface area (Å²) in [5, 5.41) is 8.73. The van der Waals surface area contributed by atoms with Gasteiger partial charge >= 0.3 is 0 Å². The number of ether oxygens (including phenoxy) is 2. The molecule has 8 heteroatoms. The lowest BCUT2D eigenvalue weighted by Crippen LogP contribution is -2.31. The van der Waals surface area contributed by atoms with Crippen LogP contribution < -0.4 is 14.8 Å². The van der Waals surface area contributed by atoms with E-state index in [1.165, 1.54) is 0 Å². The lowest BCUT2D eigenvalue weighted by atomic mass is 9.85. The van der Waals surface area contributed by atoms with Crippen molar-refractivity contribution in [2.75, 3.05) is 19.5 Å². The number of carbonyl (C=O) groups is 1. The fourth-order valence-electron chi connectivity index (χ4n) is 4.32. The number of nitrogens with one attached hydrogen (secondary N) is 1. The van der Waals surface area contributed by atoms with E-state index >= 15 is 0 Å². The van der Waals surface area contributed by atoms with E-state index in [2.05, 4.69) is 5.32 Å². The number of fused-ring (bicyclic) bond motifs is 1. The molecule has 0 saturated carbocycles. The van der Waals surface area contributed by atoms with E-state index in [-0.39, 0.29) is 5.78 Å². The third-order valence-corrected chi connectivity index (χ3v) is 5.91. The number of carbonyl (C=O) groups excluding carboxylic acids is 1. The van der Waals surface area contributed by atoms with Gasteiger partial charge in [0.2, 0.25) is 5.95 Å². The summed E-state index contributed by atoms with van der Waals surface area (Å²) >= 11 is 6.18. The van der Waals surface area contributed by atoms with Crippen LogP contribution in [0.15, 0.2) is 53.7 Å². The van der Waals surface area contributed by atoms with Gasteiger partial charge in [0.25, 0.3) is 0 Å². The molecule has 1 aliphatic carbocycles. The third-order valence-electron chi connectivity index (χ3n) is 5.68. The first-order chi connectivity index (χ1) is 15.1. The molecule has 0 fully saturated rings. The summed E-state index contributed by atoms with van der Waals surface area (Å²) in [5.41, 5.74) is 3.20. The van der Waals surface area contributed by atoms with Crippen LogP contribution in [0.3, 0.4) is 0 Å². The Balaban J connectivity index is 1.73. The van der Waals surface area contributed by atoms with Crippen molar-refractivity contribution in [1.29, 1.82) is 0 Å². The number of nitrogens with zero attached hydrogens (tertiary/aromatic N) is 3. The van der Waals surface area contributed by atoms with Gasteiger partial charge in [-0.1, -0.05) is 35.9 Å². The van der Waals surface area contributed by atoms with E-state index < -0.39 is 6.04 Å². The maximum atomic E-state index is 13.0. The minimum atomic E-state index is -0.468. The Kier molecular flexibility index (Phi) is 4.90. The van der Waals surface area contributed by atoms with Crippen LogP contribution in [-0.2, 0) is 4.79 Å². The SMILES string of the molecule is COc1cccc([C@H]2C3=C(CCCC3=O)Nc3nc(-c4cccc(Cl)c4)nn32)c1OC. The minimum absolute atomic E-state index is 0.106. The van der Waals surface area contributed by atoms with Crippen molar-refractivity contribution in [2.24, 2.45) is 0 Å². The molecule has 2 aliphatic rings. The molecule has 0 radical (unpaired) electrons. The summed E-state index contributed by atoms with van der Waals surface area (Å²) in [6.07, 6.45) is 2.10. The molecule has 1 N–H and O–H groups in total. The Morgan fingerprint density at radius 3 is 2.74 bits per heavy atom. The highest BCUT2D eigenvalue weighted by Crippen LogP contribution is 2.45. The molecule has 7 nitrogen and oxygen atoms in total. The fourth-order valence-corrected chi connectivity index (χ4v) is 4.51. The summed E-state index contributed by atoms with van der Waals surface area (Å²) in [6.45, 7) is 0. The van der Waals surface area contributed by atoms with E-state index in [9.17, 15) is 4.79 Å². The second-order valence-electron chi connectivity index (χ2n) is 7.49. The van der Waals surface area contributed by atoms with Crippen LogP contribution in [0.2, 0.25) is 5.02 Å². The van der Waals surface area contributed by atoms with Gasteiger partial charge < -0.3 is 14.8 Å². The first-order valence-electron chi connectivity index (χ1n) is 10.1. The molecular formula is C23H21ClN4O3. The predicted molar refractivity (Wildman–Crippen MR) is 118 cm³/mol. The van der Waals surface area contributed by atoms with Gasteiger partial charge in [-0.05, 0) is 31.0 Å². The van der Waals surface area contributed by atoms with E-state index in [0.29, 0.717) is 40.3 Å². The van der Waals surface area contributed by atoms with Gasteiger partial charge in [-0.3, -0.25) is 4.79 Å². The van der Waals surface area contributed by atoms with E-state index in [4.69, 9.17) is 31.2 Å². The molecule has 158 valence electrons. The molecule has 0 bridgehead atoms. The highest BCUT2D eigenvalue weighted by molar-refractivity contribution is 6.30. The molecule has 2 heterocycles. The van der Waals surface area contributed by atoms with Gasteiger partial charge in [-0.25, -0.2) is 4.68 Å². The average molecular weight is 437 g/mol. The van der Waals surface area contributed by atoms with Crippen LogP contribution in [0.5, 0.6) is 11.5 Å². The van der Waals surface area contributed by atoms with Gasteiger partial charge in [0, 0.05) is 33.8 Å². The molecular weight excluding hydrogens is 416 g/mol. The second kappa shape index (κ2) is 7.74. The number of ketones is 1. The van der Waals surface area contributed by atoms with Crippen molar-refractivity contribution in [2.45, 2.75) is 25.3 Å². The Hall–Kier alpha value is -3.32. The van der Waals surface area contributed by atoms with Crippen molar-refractivity contribution in [1.82, 2.24) is 14.8 Å². The summed E-state index contributed by atoms with van der Waals surface area (Å²) in [4.78, 5) is 17.8. The van der Waals surface area contributed by atoms with Gasteiger partial charge in [-0.2, -0.15) is 4.98 Å². The zero-order chi connectivity index (χ0) is 21.5. The van der Waals surface area contributed by atoms with Gasteiger partial charge in [0.05, 0.1) is 14.2 Å². The molecule has 1 atom stereocenters. The molecule has 0 amide bonds. The Bertz CT molecular complexity index is 1220. The highest BCUT2D eigenvalue weighted by atomic mass is 35.5. The summed E-state index contributed by atoms with van der Waals surface area (Å²) in [5.74, 6) is 2.39. The number of allylic oxidation sites excluding steroid dienone is 2. The monoisotopic (exact) mass is 436 g/mol. The molecule has 0 saturated heterocycles. The number of Topliss-reactive ketones (excluding diaryl/α,β-unsaturated/α-hetero) is 1. The first kappa shape index (κ1) is 19.6. The Morgan fingerprint density at radius 1 is 1.13 bits per heavy atom. The Labute approximate surface area is 184 Å². The molecule has 0 unspecified atom stereocenters. The van der Waals surface area contributed by atoms with E-state index in [0.717, 1.165) is 29.7 Å². The first-order valence-corrected chi connectivity index (χ1v) is 10.4. The van der Waals surface area contributed by atoms with Crippen molar-refractivity contribution >= 4 is 23.3 Å². The Morgan fingerprint density at radius 2 is 1.97 bits per heavy atom. The molecule has 5 rings (SSSR count). The number of hydrogen-bond donors (Lipinski definition) is 1. The zero-order valence-electron chi connectivity index (χ0n) is 17.2. The second-order valence-corrected chi connectivity index (χ2v) is 7.93. The van der Waals surface area contributed by atoms with Crippen LogP contribution in [0.25, 0.3) is 11.4 Å². The average Bonchev–Trinajstić information content (AvgIpc) is 3.21. The largest absolute Gasteiger partial charge is 0.493 e. The van der Waals surface area contributed by atoms with Gasteiger partial charge in [0.1, 0.15) is 6.04 Å². The normalized spacial score (nSPS) is 17.6. The van der Waals surface area contributed by atoms with Crippen molar-refractivity contribution in [3.05, 3.63) is 64.3 Å². The lowest BCUT2D eigenvalue weighted by Gasteiger charge is -2.32. The maximum absolute atomic E-state index is 13.0. The topological polar surface area (TPSA) is 78.3 Å². The van der Waals surface area contributed by atoms with Crippen LogP contribution in [-0.4, -0.2) is 34.8 Å². The molecule has 1 aliphatic heterocycles. The zero-order valence-corrected chi connectivity index (χ0v) is 17.9. The smallest absolute Gasteiger partial charge is 0.226 e. The predicted octanol–water partition coefficient (Wildman–Crippen LogP) is 4.64. The summed E-state index contributed by atoms with van der Waals surface area (Å²) in [6, 6.07) is 12.6. The summed E-state index contributed by atoms with van der Waals surface area (Å²) in [7, 11) is 3.19.